The summed E-state index contributed by atoms with van der Waals surface area (Å²) in [4.78, 5) is 32.1. The van der Waals surface area contributed by atoms with Crippen LogP contribution in [0.25, 0.3) is 15.9 Å². The predicted octanol–water partition coefficient (Wildman–Crippen LogP) is 4.96. The third-order valence-electron chi connectivity index (χ3n) is 5.11. The summed E-state index contributed by atoms with van der Waals surface area (Å²) in [5, 5.41) is 2.30. The average Bonchev–Trinajstić information content (AvgIpc) is 3.23. The number of thioether (sulfide) groups is 1. The summed E-state index contributed by atoms with van der Waals surface area (Å²) < 4.78 is 15.3. The molecule has 0 radical (unpaired) electrons. The van der Waals surface area contributed by atoms with E-state index in [1.807, 2.05) is 43.5 Å². The number of benzene rings is 2. The van der Waals surface area contributed by atoms with Gasteiger partial charge in [0.25, 0.3) is 5.56 Å². The smallest absolute Gasteiger partial charge is 0.276 e. The molecule has 2 aromatic heterocycles. The Morgan fingerprint density at radius 2 is 1.87 bits per heavy atom. The Morgan fingerprint density at radius 3 is 2.58 bits per heavy atom. The Balaban J connectivity index is 1.68. The topological polar surface area (TPSA) is 55.2 Å². The summed E-state index contributed by atoms with van der Waals surface area (Å²) in [5.74, 6) is -0.451. The van der Waals surface area contributed by atoms with Gasteiger partial charge < -0.3 is 4.90 Å². The highest BCUT2D eigenvalue weighted by atomic mass is 32.2. The first-order valence-electron chi connectivity index (χ1n) is 9.58. The molecule has 4 rings (SSSR count). The highest BCUT2D eigenvalue weighted by molar-refractivity contribution is 7.99. The maximum Gasteiger partial charge on any atom is 0.276 e. The normalized spacial score (nSPS) is 11.1. The monoisotopic (exact) mass is 453 g/mol. The van der Waals surface area contributed by atoms with Gasteiger partial charge in [0.05, 0.1) is 17.0 Å². The SMILES string of the molecule is Cc1ccc(-n2c(SCC(=O)N(C)c3ccc(F)cc3)nc3ccsc3c2=O)cc1C. The molecular formula is C23H20FN3O2S2. The number of anilines is 1. The summed E-state index contributed by atoms with van der Waals surface area (Å²) in [5.41, 5.74) is 3.99. The number of hydrogen-bond acceptors (Lipinski definition) is 5. The van der Waals surface area contributed by atoms with Crippen molar-refractivity contribution in [3.05, 3.63) is 81.2 Å². The van der Waals surface area contributed by atoms with Crippen molar-refractivity contribution >= 4 is 44.9 Å². The van der Waals surface area contributed by atoms with Crippen LogP contribution < -0.4 is 10.5 Å². The maximum atomic E-state index is 13.2. The van der Waals surface area contributed by atoms with Gasteiger partial charge in [-0.3, -0.25) is 14.2 Å². The first-order chi connectivity index (χ1) is 14.8. The van der Waals surface area contributed by atoms with Crippen molar-refractivity contribution in [1.82, 2.24) is 9.55 Å². The fourth-order valence-corrected chi connectivity index (χ4v) is 4.80. The van der Waals surface area contributed by atoms with Crippen molar-refractivity contribution in [1.29, 1.82) is 0 Å². The zero-order valence-corrected chi connectivity index (χ0v) is 18.9. The van der Waals surface area contributed by atoms with Gasteiger partial charge >= 0.3 is 0 Å². The summed E-state index contributed by atoms with van der Waals surface area (Å²) in [6, 6.07) is 13.4. The minimum atomic E-state index is -0.357. The van der Waals surface area contributed by atoms with Gasteiger partial charge in [-0.2, -0.15) is 0 Å². The van der Waals surface area contributed by atoms with E-state index in [2.05, 4.69) is 4.98 Å². The second-order valence-corrected chi connectivity index (χ2v) is 9.01. The molecule has 0 saturated carbocycles. The highest BCUT2D eigenvalue weighted by Crippen LogP contribution is 2.25. The van der Waals surface area contributed by atoms with E-state index < -0.39 is 0 Å². The van der Waals surface area contributed by atoms with Gasteiger partial charge in [0.1, 0.15) is 10.5 Å². The first kappa shape index (κ1) is 21.3. The van der Waals surface area contributed by atoms with Crippen molar-refractivity contribution < 1.29 is 9.18 Å². The van der Waals surface area contributed by atoms with Crippen molar-refractivity contribution in [3.8, 4) is 5.69 Å². The number of amides is 1. The minimum absolute atomic E-state index is 0.0841. The lowest BCUT2D eigenvalue weighted by molar-refractivity contribution is -0.115. The van der Waals surface area contributed by atoms with E-state index in [9.17, 15) is 14.0 Å². The highest BCUT2D eigenvalue weighted by Gasteiger charge is 2.18. The lowest BCUT2D eigenvalue weighted by Crippen LogP contribution is -2.28. The number of rotatable bonds is 5. The number of aromatic nitrogens is 2. The Morgan fingerprint density at radius 1 is 1.13 bits per heavy atom. The summed E-state index contributed by atoms with van der Waals surface area (Å²) in [6.45, 7) is 4.01. The molecule has 0 atom stereocenters. The molecule has 0 fully saturated rings. The lowest BCUT2D eigenvalue weighted by Gasteiger charge is -2.18. The zero-order chi connectivity index (χ0) is 22.1. The van der Waals surface area contributed by atoms with Crippen LogP contribution in [-0.4, -0.2) is 28.3 Å². The molecule has 4 aromatic rings. The second-order valence-electron chi connectivity index (χ2n) is 7.16. The average molecular weight is 454 g/mol. The summed E-state index contributed by atoms with van der Waals surface area (Å²) in [6.07, 6.45) is 0. The molecule has 0 aliphatic rings. The number of thiophene rings is 1. The quantitative estimate of drug-likeness (QED) is 0.317. The van der Waals surface area contributed by atoms with Crippen LogP contribution in [0.1, 0.15) is 11.1 Å². The molecular weight excluding hydrogens is 433 g/mol. The van der Waals surface area contributed by atoms with Crippen molar-refractivity contribution in [2.45, 2.75) is 19.0 Å². The van der Waals surface area contributed by atoms with Crippen LogP contribution in [0.15, 0.2) is 63.9 Å². The van der Waals surface area contributed by atoms with Crippen molar-refractivity contribution in [2.75, 3.05) is 17.7 Å². The molecule has 2 aromatic carbocycles. The molecule has 8 heteroatoms. The van der Waals surface area contributed by atoms with Crippen LogP contribution in [0.4, 0.5) is 10.1 Å². The van der Waals surface area contributed by atoms with E-state index in [-0.39, 0.29) is 23.0 Å². The van der Waals surface area contributed by atoms with Gasteiger partial charge in [0, 0.05) is 12.7 Å². The number of hydrogen-bond donors (Lipinski definition) is 0. The largest absolute Gasteiger partial charge is 0.315 e. The molecule has 2 heterocycles. The third kappa shape index (κ3) is 4.26. The molecule has 0 saturated heterocycles. The third-order valence-corrected chi connectivity index (χ3v) is 6.93. The van der Waals surface area contributed by atoms with Crippen LogP contribution in [0, 0.1) is 19.7 Å². The number of nitrogens with zero attached hydrogens (tertiary/aromatic N) is 3. The van der Waals surface area contributed by atoms with E-state index in [4.69, 9.17) is 0 Å². The first-order valence-corrected chi connectivity index (χ1v) is 11.4. The van der Waals surface area contributed by atoms with Crippen LogP contribution in [0.3, 0.4) is 0 Å². The van der Waals surface area contributed by atoms with Crippen LogP contribution >= 0.6 is 23.1 Å². The van der Waals surface area contributed by atoms with E-state index in [0.717, 1.165) is 16.8 Å². The van der Waals surface area contributed by atoms with Crippen LogP contribution in [0.5, 0.6) is 0 Å². The molecule has 0 aliphatic carbocycles. The standard InChI is InChI=1S/C23H20FN3O2S2/c1-14-4-7-18(12-15(14)2)27-22(29)21-19(10-11-30-21)25-23(27)31-13-20(28)26(3)17-8-5-16(24)6-9-17/h4-12H,13H2,1-3H3. The molecule has 0 bridgehead atoms. The Labute approximate surface area is 187 Å². The van der Waals surface area contributed by atoms with Gasteiger partial charge in [0.2, 0.25) is 5.91 Å². The van der Waals surface area contributed by atoms with Gasteiger partial charge in [-0.1, -0.05) is 17.8 Å². The van der Waals surface area contributed by atoms with Crippen molar-refractivity contribution in [2.24, 2.45) is 0 Å². The number of carbonyl (C=O) groups excluding carboxylic acids is 1. The Bertz CT molecular complexity index is 1330. The maximum absolute atomic E-state index is 13.2. The fraction of sp³-hybridized carbons (Fsp3) is 0.174. The number of aryl methyl sites for hydroxylation is 2. The van der Waals surface area contributed by atoms with Gasteiger partial charge in [-0.05, 0) is 72.8 Å². The number of carbonyl (C=O) groups is 1. The molecule has 5 nitrogen and oxygen atoms in total. The fourth-order valence-electron chi connectivity index (χ4n) is 3.11. The van der Waals surface area contributed by atoms with Gasteiger partial charge in [-0.25, -0.2) is 9.37 Å². The van der Waals surface area contributed by atoms with E-state index >= 15 is 0 Å². The number of fused-ring (bicyclic) bond motifs is 1. The Kier molecular flexibility index (Phi) is 5.93. The van der Waals surface area contributed by atoms with E-state index in [1.54, 1.807) is 23.7 Å². The number of halogens is 1. The minimum Gasteiger partial charge on any atom is -0.315 e. The molecule has 158 valence electrons. The lowest BCUT2D eigenvalue weighted by atomic mass is 10.1. The van der Waals surface area contributed by atoms with Crippen LogP contribution in [-0.2, 0) is 4.79 Å². The van der Waals surface area contributed by atoms with Gasteiger partial charge in [-0.15, -0.1) is 11.3 Å². The molecule has 31 heavy (non-hydrogen) atoms. The van der Waals surface area contributed by atoms with Gasteiger partial charge in [0.15, 0.2) is 5.16 Å². The predicted molar refractivity (Wildman–Crippen MR) is 125 cm³/mol. The zero-order valence-electron chi connectivity index (χ0n) is 17.3. The molecule has 1 amide bonds. The molecule has 0 aliphatic heterocycles. The Hall–Kier alpha value is -2.97. The second kappa shape index (κ2) is 8.64. The van der Waals surface area contributed by atoms with Crippen LogP contribution in [0.2, 0.25) is 0 Å². The summed E-state index contributed by atoms with van der Waals surface area (Å²) in [7, 11) is 1.64. The van der Waals surface area contributed by atoms with Crippen molar-refractivity contribution in [3.63, 3.8) is 0 Å². The molecule has 0 unspecified atom stereocenters. The van der Waals surface area contributed by atoms with E-state index in [1.165, 1.54) is 40.1 Å². The molecule has 0 spiro atoms. The summed E-state index contributed by atoms with van der Waals surface area (Å²) >= 11 is 2.57. The molecule has 0 N–H and O–H groups in total. The van der Waals surface area contributed by atoms with E-state index in [0.29, 0.717) is 21.1 Å².